The Morgan fingerprint density at radius 1 is 0.717 bits per heavy atom. The van der Waals surface area contributed by atoms with Gasteiger partial charge < -0.3 is 19.8 Å². The van der Waals surface area contributed by atoms with E-state index in [-0.39, 0.29) is 19.1 Å². The lowest BCUT2D eigenvalue weighted by molar-refractivity contribution is -0.870. The molecule has 3 N–H and O–H groups in total. The number of aliphatic hydroxyl groups is 1. The fourth-order valence-corrected chi connectivity index (χ4v) is 5.85. The number of aliphatic hydroxyl groups excluding tert-OH is 1. The van der Waals surface area contributed by atoms with Crippen molar-refractivity contribution in [2.45, 2.75) is 167 Å². The summed E-state index contributed by atoms with van der Waals surface area (Å²) in [6, 6.07) is -0.854. The van der Waals surface area contributed by atoms with E-state index >= 15 is 0 Å². The number of carbonyl (C=O) groups is 1. The minimum absolute atomic E-state index is 0.0573. The van der Waals surface area contributed by atoms with Gasteiger partial charge >= 0.3 is 7.82 Å². The van der Waals surface area contributed by atoms with Gasteiger partial charge in [0.05, 0.1) is 39.9 Å². The number of nitrogens with zero attached hydrogens (tertiary/aromatic N) is 1. The van der Waals surface area contributed by atoms with E-state index in [2.05, 4.69) is 31.3 Å². The Labute approximate surface area is 284 Å². The van der Waals surface area contributed by atoms with Gasteiger partial charge in [0, 0.05) is 6.42 Å². The van der Waals surface area contributed by atoms with Crippen molar-refractivity contribution in [1.29, 1.82) is 0 Å². The number of nitrogens with one attached hydrogen (secondary N) is 1. The number of phosphoric acid groups is 1. The molecule has 0 aromatic rings. The largest absolute Gasteiger partial charge is 0.472 e. The predicted molar refractivity (Wildman–Crippen MR) is 194 cm³/mol. The molecule has 0 heterocycles. The van der Waals surface area contributed by atoms with E-state index in [1.165, 1.54) is 96.3 Å². The molecule has 0 radical (unpaired) electrons. The first-order valence-corrected chi connectivity index (χ1v) is 20.2. The highest BCUT2D eigenvalue weighted by Gasteiger charge is 2.27. The van der Waals surface area contributed by atoms with Gasteiger partial charge in [-0.25, -0.2) is 4.57 Å². The third-order valence-electron chi connectivity index (χ3n) is 8.17. The predicted octanol–water partition coefficient (Wildman–Crippen LogP) is 9.41. The zero-order valence-electron chi connectivity index (χ0n) is 30.6. The van der Waals surface area contributed by atoms with Crippen LogP contribution < -0.4 is 5.32 Å². The number of phosphoric ester groups is 1. The number of rotatable bonds is 33. The van der Waals surface area contributed by atoms with Crippen molar-refractivity contribution in [1.82, 2.24) is 5.32 Å². The van der Waals surface area contributed by atoms with E-state index in [9.17, 15) is 19.4 Å². The molecule has 272 valence electrons. The van der Waals surface area contributed by atoms with Crippen LogP contribution in [0.5, 0.6) is 0 Å². The first-order chi connectivity index (χ1) is 22.0. The summed E-state index contributed by atoms with van der Waals surface area (Å²) >= 11 is 0. The van der Waals surface area contributed by atoms with Gasteiger partial charge in [0.25, 0.3) is 0 Å². The summed E-state index contributed by atoms with van der Waals surface area (Å²) in [6.45, 7) is 4.72. The van der Waals surface area contributed by atoms with Crippen LogP contribution in [0.25, 0.3) is 0 Å². The minimum atomic E-state index is -4.33. The van der Waals surface area contributed by atoms with E-state index in [0.29, 0.717) is 17.4 Å². The summed E-state index contributed by atoms with van der Waals surface area (Å²) in [7, 11) is 1.55. The first-order valence-electron chi connectivity index (χ1n) is 18.7. The molecular weight excluding hydrogens is 599 g/mol. The Morgan fingerprint density at radius 2 is 1.20 bits per heavy atom. The molecule has 3 atom stereocenters. The van der Waals surface area contributed by atoms with E-state index in [1.54, 1.807) is 6.08 Å². The number of amides is 1. The van der Waals surface area contributed by atoms with Crippen molar-refractivity contribution in [3.63, 3.8) is 0 Å². The van der Waals surface area contributed by atoms with Gasteiger partial charge in [-0.2, -0.15) is 0 Å². The number of hydrogen-bond acceptors (Lipinski definition) is 5. The molecule has 0 aliphatic rings. The van der Waals surface area contributed by atoms with Crippen LogP contribution >= 0.6 is 7.82 Å². The molecule has 0 saturated heterocycles. The van der Waals surface area contributed by atoms with E-state index in [0.717, 1.165) is 38.5 Å². The Bertz CT molecular complexity index is 814. The van der Waals surface area contributed by atoms with Gasteiger partial charge in [0.15, 0.2) is 0 Å². The van der Waals surface area contributed by atoms with Gasteiger partial charge in [0.1, 0.15) is 13.2 Å². The Hall–Kier alpha value is -1.02. The Balaban J connectivity index is 4.51. The fraction of sp³-hybridized carbons (Fsp3) is 0.865. The summed E-state index contributed by atoms with van der Waals surface area (Å²) in [5, 5.41) is 13.7. The van der Waals surface area contributed by atoms with Gasteiger partial charge in [-0.3, -0.25) is 13.8 Å². The number of likely N-dealkylation sites (N-methyl/N-ethyl adjacent to an activating group) is 1. The molecule has 0 aromatic carbocycles. The highest BCUT2D eigenvalue weighted by molar-refractivity contribution is 7.47. The maximum absolute atomic E-state index is 12.7. The molecule has 1 unspecified atom stereocenters. The van der Waals surface area contributed by atoms with Crippen molar-refractivity contribution >= 4 is 13.7 Å². The summed E-state index contributed by atoms with van der Waals surface area (Å²) in [5.41, 5.74) is 0. The standard InChI is InChI=1S/C37H73N2O6P/c1-6-8-10-12-14-15-16-17-18-19-20-21-22-23-25-26-28-30-36(40)35(34-45-46(42,43)44-33-32-39(3,4)5)38-37(41)31-29-27-24-13-11-9-7-2/h22-23,28,30,35-36,40H,6-21,24-27,29,31-34H2,1-5H3,(H-,38,41,42,43)/p+1/b23-22+,30-28+/t35-,36+/m1/s1. The van der Waals surface area contributed by atoms with Crippen LogP contribution in [0, 0.1) is 0 Å². The summed E-state index contributed by atoms with van der Waals surface area (Å²) in [4.78, 5) is 22.8. The number of allylic oxidation sites excluding steroid dienone is 3. The number of hydrogen-bond donors (Lipinski definition) is 3. The molecule has 0 aromatic heterocycles. The molecule has 0 aliphatic heterocycles. The van der Waals surface area contributed by atoms with E-state index in [4.69, 9.17) is 9.05 Å². The van der Waals surface area contributed by atoms with E-state index in [1.807, 2.05) is 27.2 Å². The first kappa shape index (κ1) is 45.0. The molecule has 0 fully saturated rings. The second-order valence-electron chi connectivity index (χ2n) is 13.9. The highest BCUT2D eigenvalue weighted by atomic mass is 31.2. The third-order valence-corrected chi connectivity index (χ3v) is 9.16. The highest BCUT2D eigenvalue weighted by Crippen LogP contribution is 2.43. The van der Waals surface area contributed by atoms with Gasteiger partial charge in [-0.05, 0) is 32.1 Å². The number of quaternary nitrogens is 1. The summed E-state index contributed by atoms with van der Waals surface area (Å²) in [6.07, 6.45) is 32.6. The molecule has 0 bridgehead atoms. The van der Waals surface area contributed by atoms with Crippen LogP contribution in [-0.2, 0) is 18.4 Å². The quantitative estimate of drug-likeness (QED) is 0.0278. The average molecular weight is 674 g/mol. The zero-order valence-corrected chi connectivity index (χ0v) is 31.5. The maximum Gasteiger partial charge on any atom is 0.472 e. The monoisotopic (exact) mass is 674 g/mol. The molecule has 1 amide bonds. The lowest BCUT2D eigenvalue weighted by Gasteiger charge is -2.25. The van der Waals surface area contributed by atoms with Crippen LogP contribution in [0.1, 0.15) is 155 Å². The SMILES string of the molecule is CCCCCCCCCCCCC/C=C/CC/C=C/[C@H](O)[C@@H](COP(=O)(O)OCC[N+](C)(C)C)NC(=O)CCCCCCCCC. The van der Waals surface area contributed by atoms with Crippen LogP contribution in [-0.4, -0.2) is 73.4 Å². The van der Waals surface area contributed by atoms with Crippen molar-refractivity contribution in [2.24, 2.45) is 0 Å². The van der Waals surface area contributed by atoms with Crippen molar-refractivity contribution in [3.8, 4) is 0 Å². The molecule has 8 nitrogen and oxygen atoms in total. The lowest BCUT2D eigenvalue weighted by atomic mass is 10.1. The topological polar surface area (TPSA) is 105 Å². The smallest absolute Gasteiger partial charge is 0.387 e. The van der Waals surface area contributed by atoms with Crippen LogP contribution in [0.3, 0.4) is 0 Å². The van der Waals surface area contributed by atoms with Crippen LogP contribution in [0.2, 0.25) is 0 Å². The maximum atomic E-state index is 12.7. The van der Waals surface area contributed by atoms with Crippen LogP contribution in [0.15, 0.2) is 24.3 Å². The zero-order chi connectivity index (χ0) is 34.4. The van der Waals surface area contributed by atoms with E-state index < -0.39 is 20.0 Å². The molecule has 0 saturated carbocycles. The second kappa shape index (κ2) is 30.1. The normalized spacial score (nSPS) is 15.0. The fourth-order valence-electron chi connectivity index (χ4n) is 5.11. The Kier molecular flexibility index (Phi) is 29.4. The average Bonchev–Trinajstić information content (AvgIpc) is 2.99. The lowest BCUT2D eigenvalue weighted by Crippen LogP contribution is -2.45. The molecule has 0 aliphatic carbocycles. The molecular formula is C37H74N2O6P+. The number of unbranched alkanes of at least 4 members (excludes halogenated alkanes) is 18. The molecule has 0 spiro atoms. The third kappa shape index (κ3) is 31.6. The van der Waals surface area contributed by atoms with Crippen molar-refractivity contribution in [3.05, 3.63) is 24.3 Å². The van der Waals surface area contributed by atoms with Gasteiger partial charge in [-0.1, -0.05) is 141 Å². The molecule has 9 heteroatoms. The van der Waals surface area contributed by atoms with Crippen LogP contribution in [0.4, 0.5) is 0 Å². The summed E-state index contributed by atoms with van der Waals surface area (Å²) < 4.78 is 23.3. The number of carbonyl (C=O) groups excluding carboxylic acids is 1. The van der Waals surface area contributed by atoms with Crippen molar-refractivity contribution < 1.29 is 32.9 Å². The second-order valence-corrected chi connectivity index (χ2v) is 15.4. The molecule has 46 heavy (non-hydrogen) atoms. The minimum Gasteiger partial charge on any atom is -0.387 e. The molecule has 0 rings (SSSR count). The van der Waals surface area contributed by atoms with Gasteiger partial charge in [-0.15, -0.1) is 0 Å². The Morgan fingerprint density at radius 3 is 1.74 bits per heavy atom. The van der Waals surface area contributed by atoms with Crippen molar-refractivity contribution in [2.75, 3.05) is 40.9 Å². The summed E-state index contributed by atoms with van der Waals surface area (Å²) in [5.74, 6) is -0.196. The van der Waals surface area contributed by atoms with Gasteiger partial charge in [0.2, 0.25) is 5.91 Å².